The molecular weight excluding hydrogens is 502 g/mol. The number of benzene rings is 2. The summed E-state index contributed by atoms with van der Waals surface area (Å²) in [6, 6.07) is 21.0. The van der Waals surface area contributed by atoms with E-state index >= 15 is 0 Å². The summed E-state index contributed by atoms with van der Waals surface area (Å²) in [5.74, 6) is 1.39. The Morgan fingerprint density at radius 2 is 1.82 bits per heavy atom. The Morgan fingerprint density at radius 3 is 2.55 bits per heavy atom. The third-order valence-corrected chi connectivity index (χ3v) is 7.43. The summed E-state index contributed by atoms with van der Waals surface area (Å²) in [6.45, 7) is 1.32. The predicted octanol–water partition coefficient (Wildman–Crippen LogP) is 4.36. The van der Waals surface area contributed by atoms with Crippen LogP contribution in [0.5, 0.6) is 5.75 Å². The van der Waals surface area contributed by atoms with Gasteiger partial charge in [0.1, 0.15) is 29.6 Å². The minimum absolute atomic E-state index is 0.0412. The minimum Gasteiger partial charge on any atom is -0.489 e. The number of ether oxygens (including phenoxy) is 2. The molecule has 2 aromatic heterocycles. The molecular formula is C28H25N5O4S. The van der Waals surface area contributed by atoms with Gasteiger partial charge < -0.3 is 9.47 Å². The van der Waals surface area contributed by atoms with E-state index in [2.05, 4.69) is 25.7 Å². The van der Waals surface area contributed by atoms with E-state index in [1.807, 2.05) is 12.1 Å². The molecule has 0 radical (unpaired) electrons. The molecule has 10 heteroatoms. The second-order valence-corrected chi connectivity index (χ2v) is 10.4. The number of hydrogen-bond acceptors (Lipinski definition) is 8. The van der Waals surface area contributed by atoms with Crippen LogP contribution >= 0.6 is 0 Å². The highest BCUT2D eigenvalue weighted by molar-refractivity contribution is 7.92. The van der Waals surface area contributed by atoms with Crippen LogP contribution in [0, 0.1) is 11.3 Å². The molecule has 1 aliphatic rings. The van der Waals surface area contributed by atoms with Crippen LogP contribution in [0.3, 0.4) is 0 Å². The highest BCUT2D eigenvalue weighted by Crippen LogP contribution is 2.28. The van der Waals surface area contributed by atoms with Crippen molar-refractivity contribution < 1.29 is 17.9 Å². The number of pyridine rings is 1. The van der Waals surface area contributed by atoms with Crippen LogP contribution in [0.4, 0.5) is 5.82 Å². The normalized spacial score (nSPS) is 14.0. The smallest absolute Gasteiger partial charge is 0.263 e. The van der Waals surface area contributed by atoms with Crippen molar-refractivity contribution >= 4 is 15.8 Å². The van der Waals surface area contributed by atoms with E-state index in [1.165, 1.54) is 6.20 Å². The molecule has 1 saturated heterocycles. The Labute approximate surface area is 221 Å². The van der Waals surface area contributed by atoms with Crippen molar-refractivity contribution in [3.05, 3.63) is 96.1 Å². The van der Waals surface area contributed by atoms with Gasteiger partial charge in [-0.1, -0.05) is 18.2 Å². The van der Waals surface area contributed by atoms with Crippen LogP contribution in [-0.4, -0.2) is 42.7 Å². The third kappa shape index (κ3) is 6.14. The lowest BCUT2D eigenvalue weighted by atomic mass is 10.1. The molecule has 4 aromatic rings. The third-order valence-electron chi connectivity index (χ3n) is 6.06. The van der Waals surface area contributed by atoms with E-state index in [0.29, 0.717) is 42.5 Å². The number of nitrogens with zero attached hydrogens (tertiary/aromatic N) is 4. The topological polar surface area (TPSA) is 127 Å². The number of rotatable bonds is 8. The van der Waals surface area contributed by atoms with Crippen LogP contribution in [0.2, 0.25) is 0 Å². The number of sulfonamides is 1. The Morgan fingerprint density at radius 1 is 1.00 bits per heavy atom. The molecule has 0 amide bonds. The first-order valence-corrected chi connectivity index (χ1v) is 13.6. The summed E-state index contributed by atoms with van der Waals surface area (Å²) in [5, 5.41) is 9.69. The van der Waals surface area contributed by atoms with Gasteiger partial charge in [-0.3, -0.25) is 4.72 Å². The summed E-state index contributed by atoms with van der Waals surface area (Å²) >= 11 is 0. The second-order valence-electron chi connectivity index (χ2n) is 8.75. The fourth-order valence-electron chi connectivity index (χ4n) is 4.09. The van der Waals surface area contributed by atoms with Crippen LogP contribution in [0.15, 0.2) is 84.0 Å². The van der Waals surface area contributed by atoms with E-state index in [1.54, 1.807) is 60.8 Å². The molecule has 9 nitrogen and oxygen atoms in total. The Balaban J connectivity index is 1.29. The maximum atomic E-state index is 12.6. The predicted molar refractivity (Wildman–Crippen MR) is 141 cm³/mol. The number of hydrogen-bond donors (Lipinski definition) is 1. The average molecular weight is 528 g/mol. The molecule has 192 valence electrons. The SMILES string of the molecule is N#Cc1cc(-c2ccnc(Cc3ccc(S(=O)(=O)Nc4ccccn4)cc3)n2)ccc1OC1CCOCC1. The molecule has 0 aliphatic carbocycles. The summed E-state index contributed by atoms with van der Waals surface area (Å²) in [5.41, 5.74) is 2.77. The lowest BCUT2D eigenvalue weighted by Gasteiger charge is -2.23. The van der Waals surface area contributed by atoms with Gasteiger partial charge in [0.15, 0.2) is 0 Å². The first-order chi connectivity index (χ1) is 18.5. The van der Waals surface area contributed by atoms with Gasteiger partial charge in [0.25, 0.3) is 10.0 Å². The first-order valence-electron chi connectivity index (χ1n) is 12.1. The Kier molecular flexibility index (Phi) is 7.58. The first kappa shape index (κ1) is 25.3. The summed E-state index contributed by atoms with van der Waals surface area (Å²) < 4.78 is 39.2. The molecule has 1 fully saturated rings. The van der Waals surface area contributed by atoms with Crippen LogP contribution < -0.4 is 9.46 Å². The largest absolute Gasteiger partial charge is 0.489 e. The van der Waals surface area contributed by atoms with Crippen molar-refractivity contribution in [3.63, 3.8) is 0 Å². The van der Waals surface area contributed by atoms with Gasteiger partial charge in [0, 0.05) is 37.2 Å². The Bertz CT molecular complexity index is 1550. The van der Waals surface area contributed by atoms with Crippen LogP contribution in [0.25, 0.3) is 11.3 Å². The molecule has 0 unspecified atom stereocenters. The van der Waals surface area contributed by atoms with Crippen molar-refractivity contribution in [2.24, 2.45) is 0 Å². The monoisotopic (exact) mass is 527 g/mol. The minimum atomic E-state index is -3.75. The fourth-order valence-corrected chi connectivity index (χ4v) is 5.09. The van der Waals surface area contributed by atoms with Gasteiger partial charge in [-0.05, 0) is 54.1 Å². The maximum Gasteiger partial charge on any atom is 0.263 e. The molecule has 5 rings (SSSR count). The summed E-state index contributed by atoms with van der Waals surface area (Å²) in [4.78, 5) is 13.2. The summed E-state index contributed by atoms with van der Waals surface area (Å²) in [6.07, 6.45) is 5.25. The zero-order valence-electron chi connectivity index (χ0n) is 20.4. The lowest BCUT2D eigenvalue weighted by Crippen LogP contribution is -2.26. The van der Waals surface area contributed by atoms with E-state index in [9.17, 15) is 13.7 Å². The number of aromatic nitrogens is 3. The molecule has 1 N–H and O–H groups in total. The molecule has 2 aromatic carbocycles. The number of nitriles is 1. The zero-order valence-corrected chi connectivity index (χ0v) is 21.3. The van der Waals surface area contributed by atoms with Gasteiger partial charge in [0.05, 0.1) is 29.4 Å². The van der Waals surface area contributed by atoms with Crippen LogP contribution in [0.1, 0.15) is 29.8 Å². The van der Waals surface area contributed by atoms with E-state index in [4.69, 9.17) is 9.47 Å². The highest BCUT2D eigenvalue weighted by Gasteiger charge is 2.18. The van der Waals surface area contributed by atoms with Gasteiger partial charge >= 0.3 is 0 Å². The molecule has 0 spiro atoms. The maximum absolute atomic E-state index is 12.6. The molecule has 0 saturated carbocycles. The standard InChI is InChI=1S/C28H25N5O4S/c29-19-22-18-21(6-9-26(22)37-23-11-15-36-16-12-23)25-10-14-31-28(32-25)17-20-4-7-24(8-5-20)38(34,35)33-27-3-1-2-13-30-27/h1-10,13-14,18,23H,11-12,15-17H2,(H,30,33). The van der Waals surface area contributed by atoms with Crippen molar-refractivity contribution in [1.82, 2.24) is 15.0 Å². The Hall–Kier alpha value is -4.33. The average Bonchev–Trinajstić information content (AvgIpc) is 2.94. The van der Waals surface area contributed by atoms with Gasteiger partial charge in [-0.15, -0.1) is 0 Å². The fraction of sp³-hybridized carbons (Fsp3) is 0.214. The van der Waals surface area contributed by atoms with Crippen molar-refractivity contribution in [3.8, 4) is 23.1 Å². The molecule has 1 aliphatic heterocycles. The highest BCUT2D eigenvalue weighted by atomic mass is 32.2. The second kappa shape index (κ2) is 11.4. The molecule has 0 bridgehead atoms. The zero-order chi connectivity index (χ0) is 26.4. The van der Waals surface area contributed by atoms with E-state index in [-0.39, 0.29) is 16.8 Å². The van der Waals surface area contributed by atoms with Gasteiger partial charge in [-0.25, -0.2) is 23.4 Å². The lowest BCUT2D eigenvalue weighted by molar-refractivity contribution is 0.0254. The molecule has 38 heavy (non-hydrogen) atoms. The van der Waals surface area contributed by atoms with Gasteiger partial charge in [0.2, 0.25) is 0 Å². The van der Waals surface area contributed by atoms with Crippen molar-refractivity contribution in [2.75, 3.05) is 17.9 Å². The molecule has 0 atom stereocenters. The van der Waals surface area contributed by atoms with Gasteiger partial charge in [-0.2, -0.15) is 5.26 Å². The van der Waals surface area contributed by atoms with Crippen molar-refractivity contribution in [1.29, 1.82) is 5.26 Å². The summed E-state index contributed by atoms with van der Waals surface area (Å²) in [7, 11) is -3.75. The molecule has 3 heterocycles. The number of anilines is 1. The van der Waals surface area contributed by atoms with E-state index in [0.717, 1.165) is 24.0 Å². The quantitative estimate of drug-likeness (QED) is 0.358. The number of nitrogens with one attached hydrogen (secondary N) is 1. The van der Waals surface area contributed by atoms with Crippen molar-refractivity contribution in [2.45, 2.75) is 30.3 Å². The van der Waals surface area contributed by atoms with Crippen LogP contribution in [-0.2, 0) is 21.2 Å². The van der Waals surface area contributed by atoms with E-state index < -0.39 is 10.0 Å².